The molecule has 0 radical (unpaired) electrons. The molecule has 0 aliphatic carbocycles. The fraction of sp³-hybridized carbons (Fsp3) is 0.286. The van der Waals surface area contributed by atoms with Gasteiger partial charge in [0.1, 0.15) is 10.8 Å². The van der Waals surface area contributed by atoms with Crippen molar-refractivity contribution in [2.24, 2.45) is 0 Å². The number of anilines is 2. The Balaban J connectivity index is 1.71. The third-order valence-corrected chi connectivity index (χ3v) is 4.29. The molecule has 1 atom stereocenters. The van der Waals surface area contributed by atoms with Crippen molar-refractivity contribution in [1.29, 1.82) is 0 Å². The normalized spacial score (nSPS) is 17.8. The Morgan fingerprint density at radius 2 is 2.23 bits per heavy atom. The summed E-state index contributed by atoms with van der Waals surface area (Å²) >= 11 is 11.6. The van der Waals surface area contributed by atoms with Gasteiger partial charge in [-0.2, -0.15) is 5.10 Å². The lowest BCUT2D eigenvalue weighted by Crippen LogP contribution is -2.27. The number of benzene rings is 1. The number of aromatic nitrogens is 2. The van der Waals surface area contributed by atoms with Crippen LogP contribution in [-0.4, -0.2) is 29.3 Å². The van der Waals surface area contributed by atoms with E-state index < -0.39 is 11.4 Å². The molecule has 3 rings (SSSR count). The molecule has 1 saturated heterocycles. The van der Waals surface area contributed by atoms with Crippen molar-refractivity contribution in [3.63, 3.8) is 0 Å². The van der Waals surface area contributed by atoms with Gasteiger partial charge in [-0.15, -0.1) is 0 Å². The van der Waals surface area contributed by atoms with E-state index in [9.17, 15) is 9.18 Å². The molecule has 0 amide bonds. The summed E-state index contributed by atoms with van der Waals surface area (Å²) in [6, 6.07) is 4.85. The highest BCUT2D eigenvalue weighted by Crippen LogP contribution is 2.26. The summed E-state index contributed by atoms with van der Waals surface area (Å²) in [5.41, 5.74) is 0.849. The van der Waals surface area contributed by atoms with Gasteiger partial charge in [-0.1, -0.05) is 23.2 Å². The van der Waals surface area contributed by atoms with Gasteiger partial charge in [-0.25, -0.2) is 9.49 Å². The maximum absolute atomic E-state index is 13.5. The Morgan fingerprint density at radius 3 is 3.00 bits per heavy atom. The summed E-state index contributed by atoms with van der Waals surface area (Å²) in [7, 11) is 0. The summed E-state index contributed by atoms with van der Waals surface area (Å²) < 4.78 is 13.5. The van der Waals surface area contributed by atoms with Gasteiger partial charge in [-0.3, -0.25) is 4.79 Å². The van der Waals surface area contributed by atoms with Crippen molar-refractivity contribution in [2.45, 2.75) is 12.5 Å². The summed E-state index contributed by atoms with van der Waals surface area (Å²) in [6.45, 7) is 1.44. The molecular formula is C14H13Cl2FN4O. The molecule has 0 saturated carbocycles. The highest BCUT2D eigenvalue weighted by Gasteiger charge is 2.24. The Labute approximate surface area is 136 Å². The first-order valence-electron chi connectivity index (χ1n) is 6.74. The van der Waals surface area contributed by atoms with E-state index in [0.29, 0.717) is 12.2 Å². The Morgan fingerprint density at radius 1 is 1.41 bits per heavy atom. The zero-order valence-electron chi connectivity index (χ0n) is 11.4. The third-order valence-electron chi connectivity index (χ3n) is 3.61. The molecule has 0 spiro atoms. The van der Waals surface area contributed by atoms with E-state index in [1.54, 1.807) is 12.1 Å². The molecule has 5 nitrogen and oxygen atoms in total. The monoisotopic (exact) mass is 342 g/mol. The molecule has 0 unspecified atom stereocenters. The van der Waals surface area contributed by atoms with E-state index in [4.69, 9.17) is 23.2 Å². The Bertz CT molecular complexity index is 752. The molecule has 1 aliphatic heterocycles. The highest BCUT2D eigenvalue weighted by atomic mass is 35.5. The second-order valence-corrected chi connectivity index (χ2v) is 5.89. The van der Waals surface area contributed by atoms with Crippen LogP contribution in [0.4, 0.5) is 15.8 Å². The van der Waals surface area contributed by atoms with Gasteiger partial charge in [0.25, 0.3) is 5.56 Å². The predicted molar refractivity (Wildman–Crippen MR) is 85.5 cm³/mol. The van der Waals surface area contributed by atoms with E-state index in [-0.39, 0.29) is 16.1 Å². The first-order chi connectivity index (χ1) is 10.5. The molecule has 8 heteroatoms. The molecule has 2 heterocycles. The second kappa shape index (κ2) is 6.14. The van der Waals surface area contributed by atoms with Crippen molar-refractivity contribution in [1.82, 2.24) is 10.2 Å². The van der Waals surface area contributed by atoms with Crippen LogP contribution in [0.2, 0.25) is 10.0 Å². The van der Waals surface area contributed by atoms with Crippen molar-refractivity contribution >= 4 is 34.6 Å². The van der Waals surface area contributed by atoms with Crippen LogP contribution < -0.4 is 15.8 Å². The predicted octanol–water partition coefficient (Wildman–Crippen LogP) is 2.91. The summed E-state index contributed by atoms with van der Waals surface area (Å²) in [5, 5.41) is 9.39. The number of hydrogen-bond donors (Lipinski definition) is 2. The van der Waals surface area contributed by atoms with Crippen molar-refractivity contribution < 1.29 is 4.39 Å². The topological polar surface area (TPSA) is 61.0 Å². The van der Waals surface area contributed by atoms with E-state index in [1.165, 1.54) is 12.3 Å². The molecule has 1 aromatic heterocycles. The lowest BCUT2D eigenvalue weighted by Gasteiger charge is -2.20. The average molecular weight is 343 g/mol. The van der Waals surface area contributed by atoms with Crippen LogP contribution in [0.3, 0.4) is 0 Å². The maximum Gasteiger partial charge on any atom is 0.285 e. The second-order valence-electron chi connectivity index (χ2n) is 5.10. The van der Waals surface area contributed by atoms with Gasteiger partial charge in [0.05, 0.1) is 16.9 Å². The highest BCUT2D eigenvalue weighted by molar-refractivity contribution is 6.32. The summed E-state index contributed by atoms with van der Waals surface area (Å²) in [5.74, 6) is -0.433. The van der Waals surface area contributed by atoms with Crippen LogP contribution in [0, 0.1) is 5.82 Å². The van der Waals surface area contributed by atoms with Crippen molar-refractivity contribution in [2.75, 3.05) is 23.3 Å². The van der Waals surface area contributed by atoms with E-state index in [2.05, 4.69) is 15.5 Å². The minimum atomic E-state index is -0.433. The maximum atomic E-state index is 13.5. The van der Waals surface area contributed by atoms with E-state index in [0.717, 1.165) is 18.7 Å². The largest absolute Gasteiger partial charge is 0.378 e. The SMILES string of the molecule is O=c1[nH]ncc(N[C@@H]2CCN(c3ccc(Cl)c(F)c3)C2)c1Cl. The Hall–Kier alpha value is -1.79. The number of nitrogens with zero attached hydrogens (tertiary/aromatic N) is 2. The van der Waals surface area contributed by atoms with Crippen molar-refractivity contribution in [3.8, 4) is 0 Å². The van der Waals surface area contributed by atoms with E-state index in [1.807, 2.05) is 4.90 Å². The molecule has 22 heavy (non-hydrogen) atoms. The van der Waals surface area contributed by atoms with Gasteiger partial charge in [0.15, 0.2) is 0 Å². The van der Waals surface area contributed by atoms with Gasteiger partial charge in [-0.05, 0) is 24.6 Å². The zero-order chi connectivity index (χ0) is 15.7. The fourth-order valence-electron chi connectivity index (χ4n) is 2.50. The van der Waals surface area contributed by atoms with Crippen LogP contribution in [0.25, 0.3) is 0 Å². The molecule has 1 aliphatic rings. The number of rotatable bonds is 3. The zero-order valence-corrected chi connectivity index (χ0v) is 13.0. The van der Waals surface area contributed by atoms with Crippen LogP contribution >= 0.6 is 23.2 Å². The molecule has 1 aromatic carbocycles. The van der Waals surface area contributed by atoms with E-state index >= 15 is 0 Å². The number of hydrogen-bond acceptors (Lipinski definition) is 4. The van der Waals surface area contributed by atoms with Crippen LogP contribution in [0.15, 0.2) is 29.2 Å². The number of H-pyrrole nitrogens is 1. The minimum absolute atomic E-state index is 0.0889. The Kier molecular flexibility index (Phi) is 4.22. The van der Waals surface area contributed by atoms with Crippen LogP contribution in [0.5, 0.6) is 0 Å². The first-order valence-corrected chi connectivity index (χ1v) is 7.50. The number of nitrogens with one attached hydrogen (secondary N) is 2. The smallest absolute Gasteiger partial charge is 0.285 e. The van der Waals surface area contributed by atoms with Gasteiger partial charge in [0, 0.05) is 24.8 Å². The van der Waals surface area contributed by atoms with Crippen LogP contribution in [-0.2, 0) is 0 Å². The fourth-order valence-corrected chi connectivity index (χ4v) is 2.76. The van der Waals surface area contributed by atoms with Crippen LogP contribution in [0.1, 0.15) is 6.42 Å². The lowest BCUT2D eigenvalue weighted by atomic mass is 10.2. The molecule has 2 N–H and O–H groups in total. The number of aromatic amines is 1. The average Bonchev–Trinajstić information content (AvgIpc) is 2.95. The molecule has 0 bridgehead atoms. The lowest BCUT2D eigenvalue weighted by molar-refractivity contribution is 0.627. The summed E-state index contributed by atoms with van der Waals surface area (Å²) in [6.07, 6.45) is 2.32. The quantitative estimate of drug-likeness (QED) is 0.900. The molecular weight excluding hydrogens is 330 g/mol. The first kappa shape index (κ1) is 15.1. The number of halogens is 3. The summed E-state index contributed by atoms with van der Waals surface area (Å²) in [4.78, 5) is 13.5. The minimum Gasteiger partial charge on any atom is -0.378 e. The molecule has 1 fully saturated rings. The van der Waals surface area contributed by atoms with Gasteiger partial charge >= 0.3 is 0 Å². The van der Waals surface area contributed by atoms with Gasteiger partial charge in [0.2, 0.25) is 0 Å². The molecule has 2 aromatic rings. The van der Waals surface area contributed by atoms with Crippen molar-refractivity contribution in [3.05, 3.63) is 50.6 Å². The third kappa shape index (κ3) is 3.03. The standard InChI is InChI=1S/C14H13Cl2FN4O/c15-10-2-1-9(5-11(10)17)21-4-3-8(7-21)19-12-6-18-20-14(22)13(12)16/h1-2,5-6,8H,3-4,7H2,(H2,19,20,22)/t8-/m1/s1. The molecule has 116 valence electrons. The van der Waals surface area contributed by atoms with Gasteiger partial charge < -0.3 is 10.2 Å².